The smallest absolute Gasteiger partial charge is 0.410 e. The first-order valence-corrected chi connectivity index (χ1v) is 7.95. The van der Waals surface area contributed by atoms with Crippen molar-refractivity contribution in [2.75, 3.05) is 19.7 Å². The maximum Gasteiger partial charge on any atom is 0.410 e. The molecule has 0 N–H and O–H groups in total. The van der Waals surface area contributed by atoms with Crippen LogP contribution in [0, 0.1) is 10.1 Å². The molecule has 1 heterocycles. The minimum Gasteiger partial charge on any atom is -0.445 e. The number of rotatable bonds is 4. The minimum absolute atomic E-state index is 0.00452. The van der Waals surface area contributed by atoms with Gasteiger partial charge in [-0.2, -0.15) is 0 Å². The van der Waals surface area contributed by atoms with Crippen LogP contribution in [0.3, 0.4) is 0 Å². The highest BCUT2D eigenvalue weighted by Crippen LogP contribution is 2.25. The Labute approximate surface area is 144 Å². The molecular formula is C18H18N2O5. The summed E-state index contributed by atoms with van der Waals surface area (Å²) >= 11 is 0. The summed E-state index contributed by atoms with van der Waals surface area (Å²) in [5.41, 5.74) is 1.60. The molecule has 0 spiro atoms. The normalized spacial score (nSPS) is 17.1. The van der Waals surface area contributed by atoms with E-state index in [-0.39, 0.29) is 12.3 Å². The minimum atomic E-state index is -0.446. The van der Waals surface area contributed by atoms with Crippen molar-refractivity contribution in [3.05, 3.63) is 75.8 Å². The van der Waals surface area contributed by atoms with E-state index in [4.69, 9.17) is 9.47 Å². The summed E-state index contributed by atoms with van der Waals surface area (Å²) in [5.74, 6) is 0. The molecule has 1 aliphatic heterocycles. The lowest BCUT2D eigenvalue weighted by molar-refractivity contribution is -0.385. The number of nitrogens with zero attached hydrogens (tertiary/aromatic N) is 2. The van der Waals surface area contributed by atoms with E-state index in [0.29, 0.717) is 25.3 Å². The van der Waals surface area contributed by atoms with Gasteiger partial charge in [0, 0.05) is 18.7 Å². The number of non-ortho nitro benzene ring substituents is 1. The molecule has 0 aliphatic carbocycles. The molecule has 2 aromatic rings. The lowest BCUT2D eigenvalue weighted by Crippen LogP contribution is -2.42. The van der Waals surface area contributed by atoms with Crippen LogP contribution >= 0.6 is 0 Å². The number of hydrogen-bond acceptors (Lipinski definition) is 5. The van der Waals surface area contributed by atoms with Gasteiger partial charge in [0.25, 0.3) is 5.69 Å². The highest BCUT2D eigenvalue weighted by molar-refractivity contribution is 5.67. The Hall–Kier alpha value is -2.93. The molecule has 0 bridgehead atoms. The third-order valence-corrected chi connectivity index (χ3v) is 3.98. The Morgan fingerprint density at radius 2 is 2.04 bits per heavy atom. The van der Waals surface area contributed by atoms with Crippen LogP contribution in [0.2, 0.25) is 0 Å². The van der Waals surface area contributed by atoms with Gasteiger partial charge in [-0.15, -0.1) is 0 Å². The van der Waals surface area contributed by atoms with Crippen LogP contribution in [0.5, 0.6) is 0 Å². The van der Waals surface area contributed by atoms with Gasteiger partial charge in [-0.05, 0) is 11.1 Å². The van der Waals surface area contributed by atoms with E-state index in [1.165, 1.54) is 12.1 Å². The zero-order chi connectivity index (χ0) is 17.6. The number of morpholine rings is 1. The molecule has 130 valence electrons. The molecule has 1 fully saturated rings. The molecule has 1 saturated heterocycles. The number of carbonyl (C=O) groups excluding carboxylic acids is 1. The second-order valence-electron chi connectivity index (χ2n) is 5.70. The Balaban J connectivity index is 1.61. The highest BCUT2D eigenvalue weighted by atomic mass is 16.6. The zero-order valence-corrected chi connectivity index (χ0v) is 13.5. The van der Waals surface area contributed by atoms with Gasteiger partial charge in [-0.1, -0.05) is 42.5 Å². The average Bonchev–Trinajstić information content (AvgIpc) is 2.67. The van der Waals surface area contributed by atoms with E-state index < -0.39 is 17.1 Å². The fourth-order valence-electron chi connectivity index (χ4n) is 2.67. The summed E-state index contributed by atoms with van der Waals surface area (Å²) in [5, 5.41) is 10.9. The van der Waals surface area contributed by atoms with Crippen LogP contribution in [0.1, 0.15) is 17.2 Å². The van der Waals surface area contributed by atoms with E-state index in [0.717, 1.165) is 5.56 Å². The predicted octanol–water partition coefficient (Wildman–Crippen LogP) is 3.30. The summed E-state index contributed by atoms with van der Waals surface area (Å²) in [4.78, 5) is 24.3. The van der Waals surface area contributed by atoms with E-state index in [1.54, 1.807) is 17.0 Å². The van der Waals surface area contributed by atoms with Crippen LogP contribution in [-0.2, 0) is 16.1 Å². The molecule has 1 unspecified atom stereocenters. The third-order valence-electron chi connectivity index (χ3n) is 3.98. The van der Waals surface area contributed by atoms with Gasteiger partial charge in [0.1, 0.15) is 12.7 Å². The SMILES string of the molecule is O=C(OCc1ccccc1)N1CCOC(c2cccc([N+](=O)[O-])c2)C1. The molecule has 7 nitrogen and oxygen atoms in total. The second-order valence-corrected chi connectivity index (χ2v) is 5.70. The number of carbonyl (C=O) groups is 1. The van der Waals surface area contributed by atoms with E-state index in [9.17, 15) is 14.9 Å². The van der Waals surface area contributed by atoms with Gasteiger partial charge in [0.2, 0.25) is 0 Å². The van der Waals surface area contributed by atoms with Crippen molar-refractivity contribution >= 4 is 11.8 Å². The fraction of sp³-hybridized carbons (Fsp3) is 0.278. The van der Waals surface area contributed by atoms with Crippen molar-refractivity contribution in [1.29, 1.82) is 0 Å². The second kappa shape index (κ2) is 7.76. The Bertz CT molecular complexity index is 750. The number of hydrogen-bond donors (Lipinski definition) is 0. The first-order valence-electron chi connectivity index (χ1n) is 7.95. The first-order chi connectivity index (χ1) is 12.1. The lowest BCUT2D eigenvalue weighted by Gasteiger charge is -2.32. The number of nitro groups is 1. The van der Waals surface area contributed by atoms with Crippen molar-refractivity contribution in [1.82, 2.24) is 4.90 Å². The molecule has 0 aromatic heterocycles. The summed E-state index contributed by atoms with van der Waals surface area (Å²) in [6.45, 7) is 1.29. The quantitative estimate of drug-likeness (QED) is 0.629. The molecule has 1 aliphatic rings. The van der Waals surface area contributed by atoms with Crippen LogP contribution < -0.4 is 0 Å². The van der Waals surface area contributed by atoms with Gasteiger partial charge in [0.15, 0.2) is 0 Å². The molecule has 1 amide bonds. The lowest BCUT2D eigenvalue weighted by atomic mass is 10.1. The maximum absolute atomic E-state index is 12.3. The Morgan fingerprint density at radius 3 is 2.80 bits per heavy atom. The van der Waals surface area contributed by atoms with Crippen molar-refractivity contribution in [3.8, 4) is 0 Å². The Kier molecular flexibility index (Phi) is 5.25. The van der Waals surface area contributed by atoms with Crippen molar-refractivity contribution in [2.24, 2.45) is 0 Å². The molecule has 1 atom stereocenters. The summed E-state index contributed by atoms with van der Waals surface area (Å²) in [7, 11) is 0. The number of amides is 1. The van der Waals surface area contributed by atoms with Gasteiger partial charge in [-0.3, -0.25) is 10.1 Å². The van der Waals surface area contributed by atoms with Crippen LogP contribution in [0.15, 0.2) is 54.6 Å². The average molecular weight is 342 g/mol. The largest absolute Gasteiger partial charge is 0.445 e. The molecule has 2 aromatic carbocycles. The van der Waals surface area contributed by atoms with Gasteiger partial charge < -0.3 is 14.4 Å². The number of benzene rings is 2. The molecule has 0 radical (unpaired) electrons. The summed E-state index contributed by atoms with van der Waals surface area (Å²) in [6.07, 6.45) is -0.819. The molecule has 0 saturated carbocycles. The third kappa shape index (κ3) is 4.33. The van der Waals surface area contributed by atoms with Gasteiger partial charge in [-0.25, -0.2) is 4.79 Å². The van der Waals surface area contributed by atoms with E-state index in [2.05, 4.69) is 0 Å². The monoisotopic (exact) mass is 342 g/mol. The molecule has 7 heteroatoms. The van der Waals surface area contributed by atoms with Crippen molar-refractivity contribution in [2.45, 2.75) is 12.7 Å². The number of nitro benzene ring substituents is 1. The predicted molar refractivity (Wildman–Crippen MR) is 90.0 cm³/mol. The number of ether oxygens (including phenoxy) is 2. The topological polar surface area (TPSA) is 81.9 Å². The van der Waals surface area contributed by atoms with Crippen LogP contribution in [0.25, 0.3) is 0 Å². The zero-order valence-electron chi connectivity index (χ0n) is 13.5. The van der Waals surface area contributed by atoms with Gasteiger partial charge >= 0.3 is 6.09 Å². The first kappa shape index (κ1) is 16.9. The van der Waals surface area contributed by atoms with E-state index >= 15 is 0 Å². The standard InChI is InChI=1S/C18H18N2O5/c21-18(25-13-14-5-2-1-3-6-14)19-9-10-24-17(12-19)15-7-4-8-16(11-15)20(22)23/h1-8,11,17H,9-10,12-13H2. The molecule has 25 heavy (non-hydrogen) atoms. The molecule has 3 rings (SSSR count). The highest BCUT2D eigenvalue weighted by Gasteiger charge is 2.27. The Morgan fingerprint density at radius 1 is 1.24 bits per heavy atom. The maximum atomic E-state index is 12.3. The van der Waals surface area contributed by atoms with E-state index in [1.807, 2.05) is 30.3 Å². The molecular weight excluding hydrogens is 324 g/mol. The van der Waals surface area contributed by atoms with Gasteiger partial charge in [0.05, 0.1) is 18.1 Å². The van der Waals surface area contributed by atoms with Crippen molar-refractivity contribution < 1.29 is 19.2 Å². The fourth-order valence-corrected chi connectivity index (χ4v) is 2.67. The summed E-state index contributed by atoms with van der Waals surface area (Å²) in [6, 6.07) is 15.7. The summed E-state index contributed by atoms with van der Waals surface area (Å²) < 4.78 is 11.0. The van der Waals surface area contributed by atoms with Crippen LogP contribution in [0.4, 0.5) is 10.5 Å². The van der Waals surface area contributed by atoms with Crippen LogP contribution in [-0.4, -0.2) is 35.6 Å². The van der Waals surface area contributed by atoms with Crippen molar-refractivity contribution in [3.63, 3.8) is 0 Å².